The van der Waals surface area contributed by atoms with Gasteiger partial charge in [0.25, 0.3) is 0 Å². The predicted octanol–water partition coefficient (Wildman–Crippen LogP) is 3.54. The van der Waals surface area contributed by atoms with E-state index in [9.17, 15) is 9.59 Å². The van der Waals surface area contributed by atoms with Crippen LogP contribution in [0, 0.1) is 0 Å². The van der Waals surface area contributed by atoms with Crippen LogP contribution in [0.3, 0.4) is 0 Å². The summed E-state index contributed by atoms with van der Waals surface area (Å²) in [5.74, 6) is 0.0477. The molecule has 35 heavy (non-hydrogen) atoms. The summed E-state index contributed by atoms with van der Waals surface area (Å²) in [7, 11) is 4.29. The molecule has 1 saturated heterocycles. The zero-order valence-corrected chi connectivity index (χ0v) is 20.1. The molecule has 3 aromatic rings. The minimum absolute atomic E-state index is 0.0283. The first-order valence-corrected chi connectivity index (χ1v) is 11.9. The van der Waals surface area contributed by atoms with E-state index in [0.717, 1.165) is 31.2 Å². The Labute approximate surface area is 205 Å². The summed E-state index contributed by atoms with van der Waals surface area (Å²) >= 11 is 0. The number of carbonyl (C=O) groups is 2. The van der Waals surface area contributed by atoms with Crippen molar-refractivity contribution < 1.29 is 9.59 Å². The standard InChI is InChI=1S/C27H30N6O2/c1-32(2)27(21-6-4-3-5-7-21)14-12-26(13-15-27)18-33(25(35)31-26)22-16-29-24(30-17-22)20-10-8-19(9-11-20)23(28)34/h3-11,16-17H,12-15,18H2,1-2H3,(H2,28,34)(H,31,35). The molecule has 1 saturated carbocycles. The van der Waals surface area contributed by atoms with Gasteiger partial charge in [-0.3, -0.25) is 14.6 Å². The summed E-state index contributed by atoms with van der Waals surface area (Å²) in [6.07, 6.45) is 7.09. The van der Waals surface area contributed by atoms with Gasteiger partial charge < -0.3 is 11.1 Å². The Morgan fingerprint density at radius 3 is 2.17 bits per heavy atom. The lowest BCUT2D eigenvalue weighted by molar-refractivity contribution is 0.0658. The number of primary amides is 1. The number of hydrogen-bond acceptors (Lipinski definition) is 5. The van der Waals surface area contributed by atoms with Crippen molar-refractivity contribution in [3.05, 3.63) is 78.1 Å². The van der Waals surface area contributed by atoms with Crippen molar-refractivity contribution >= 4 is 17.6 Å². The van der Waals surface area contributed by atoms with Gasteiger partial charge in [0.2, 0.25) is 5.91 Å². The number of nitrogens with one attached hydrogen (secondary N) is 1. The van der Waals surface area contributed by atoms with Crippen molar-refractivity contribution in [3.8, 4) is 11.4 Å². The normalized spacial score (nSPS) is 24.1. The fourth-order valence-corrected chi connectivity index (χ4v) is 5.48. The molecule has 0 unspecified atom stereocenters. The molecule has 1 aliphatic carbocycles. The summed E-state index contributed by atoms with van der Waals surface area (Å²) in [5.41, 5.74) is 8.23. The second-order valence-electron chi connectivity index (χ2n) is 9.80. The Hall–Kier alpha value is -3.78. The van der Waals surface area contributed by atoms with Crippen LogP contribution in [0.1, 0.15) is 41.6 Å². The van der Waals surface area contributed by atoms with Gasteiger partial charge in [0.05, 0.1) is 30.2 Å². The zero-order valence-electron chi connectivity index (χ0n) is 20.1. The smallest absolute Gasteiger partial charge is 0.322 e. The second kappa shape index (κ2) is 8.78. The Kier molecular flexibility index (Phi) is 5.76. The van der Waals surface area contributed by atoms with Gasteiger partial charge in [0, 0.05) is 16.7 Å². The largest absolute Gasteiger partial charge is 0.366 e. The molecule has 180 valence electrons. The lowest BCUT2D eigenvalue weighted by Gasteiger charge is -2.48. The summed E-state index contributed by atoms with van der Waals surface area (Å²) in [4.78, 5) is 37.3. The van der Waals surface area contributed by atoms with E-state index in [1.165, 1.54) is 5.56 Å². The van der Waals surface area contributed by atoms with E-state index in [0.29, 0.717) is 23.6 Å². The number of rotatable bonds is 5. The fourth-order valence-electron chi connectivity index (χ4n) is 5.48. The van der Waals surface area contributed by atoms with Gasteiger partial charge in [-0.2, -0.15) is 0 Å². The third-order valence-corrected chi connectivity index (χ3v) is 7.66. The number of nitrogens with two attached hydrogens (primary N) is 1. The highest BCUT2D eigenvalue weighted by atomic mass is 16.2. The molecule has 0 radical (unpaired) electrons. The Bertz CT molecular complexity index is 1220. The summed E-state index contributed by atoms with van der Waals surface area (Å²) < 4.78 is 0. The van der Waals surface area contributed by atoms with Crippen molar-refractivity contribution in [3.63, 3.8) is 0 Å². The van der Waals surface area contributed by atoms with E-state index < -0.39 is 5.91 Å². The maximum Gasteiger partial charge on any atom is 0.322 e. The molecule has 0 atom stereocenters. The molecule has 3 N–H and O–H groups in total. The van der Waals surface area contributed by atoms with Gasteiger partial charge in [0.15, 0.2) is 5.82 Å². The van der Waals surface area contributed by atoms with Crippen LogP contribution in [0.2, 0.25) is 0 Å². The van der Waals surface area contributed by atoms with Gasteiger partial charge in [-0.25, -0.2) is 14.8 Å². The third-order valence-electron chi connectivity index (χ3n) is 7.66. The second-order valence-corrected chi connectivity index (χ2v) is 9.80. The van der Waals surface area contributed by atoms with Crippen molar-refractivity contribution in [1.82, 2.24) is 20.2 Å². The van der Waals surface area contributed by atoms with Crippen LogP contribution in [0.25, 0.3) is 11.4 Å². The van der Waals surface area contributed by atoms with E-state index in [4.69, 9.17) is 5.73 Å². The quantitative estimate of drug-likeness (QED) is 0.594. The summed E-state index contributed by atoms with van der Waals surface area (Å²) in [6.45, 7) is 0.597. The number of anilines is 1. The van der Waals surface area contributed by atoms with Crippen molar-refractivity contribution in [1.29, 1.82) is 0 Å². The van der Waals surface area contributed by atoms with Crippen molar-refractivity contribution in [2.75, 3.05) is 25.5 Å². The van der Waals surface area contributed by atoms with Gasteiger partial charge in [-0.1, -0.05) is 42.5 Å². The minimum Gasteiger partial charge on any atom is -0.366 e. The number of hydrogen-bond donors (Lipinski definition) is 2. The lowest BCUT2D eigenvalue weighted by atomic mass is 9.69. The van der Waals surface area contributed by atoms with E-state index in [1.54, 1.807) is 41.6 Å². The van der Waals surface area contributed by atoms with Crippen LogP contribution in [0.5, 0.6) is 0 Å². The molecule has 1 aromatic heterocycles. The van der Waals surface area contributed by atoms with Crippen LogP contribution in [-0.4, -0.2) is 53.0 Å². The Balaban J connectivity index is 1.31. The molecule has 2 heterocycles. The zero-order chi connectivity index (χ0) is 24.6. The van der Waals surface area contributed by atoms with Crippen LogP contribution in [0.4, 0.5) is 10.5 Å². The first kappa shape index (κ1) is 23.0. The third kappa shape index (κ3) is 4.14. The highest BCUT2D eigenvalue weighted by molar-refractivity contribution is 5.95. The maximum absolute atomic E-state index is 13.0. The minimum atomic E-state index is -0.476. The number of aromatic nitrogens is 2. The number of carbonyl (C=O) groups excluding carboxylic acids is 2. The fraction of sp³-hybridized carbons (Fsp3) is 0.333. The summed E-state index contributed by atoms with van der Waals surface area (Å²) in [5, 5.41) is 3.28. The average Bonchev–Trinajstić information content (AvgIpc) is 3.20. The van der Waals surface area contributed by atoms with Crippen LogP contribution < -0.4 is 16.0 Å². The van der Waals surface area contributed by atoms with Gasteiger partial charge >= 0.3 is 6.03 Å². The average molecular weight is 471 g/mol. The Morgan fingerprint density at radius 1 is 0.971 bits per heavy atom. The molecule has 2 aliphatic rings. The van der Waals surface area contributed by atoms with Crippen LogP contribution in [0.15, 0.2) is 67.0 Å². The topological polar surface area (TPSA) is 104 Å². The van der Waals surface area contributed by atoms with Gasteiger partial charge in [-0.05, 0) is 57.5 Å². The molecule has 1 aliphatic heterocycles. The molecule has 8 heteroatoms. The van der Waals surface area contributed by atoms with E-state index >= 15 is 0 Å². The first-order valence-electron chi connectivity index (χ1n) is 11.9. The van der Waals surface area contributed by atoms with E-state index in [1.807, 2.05) is 0 Å². The molecule has 1 spiro atoms. The number of amides is 3. The molecular weight excluding hydrogens is 440 g/mol. The van der Waals surface area contributed by atoms with Crippen molar-refractivity contribution in [2.45, 2.75) is 36.8 Å². The molecule has 3 amide bonds. The highest BCUT2D eigenvalue weighted by Crippen LogP contribution is 2.46. The monoisotopic (exact) mass is 470 g/mol. The maximum atomic E-state index is 13.0. The predicted molar refractivity (Wildman–Crippen MR) is 135 cm³/mol. The first-order chi connectivity index (χ1) is 16.8. The lowest BCUT2D eigenvalue weighted by Crippen LogP contribution is -2.54. The molecule has 2 aromatic carbocycles. The van der Waals surface area contributed by atoms with Gasteiger partial charge in [-0.15, -0.1) is 0 Å². The number of nitrogens with zero attached hydrogens (tertiary/aromatic N) is 4. The number of benzene rings is 2. The molecule has 2 fully saturated rings. The van der Waals surface area contributed by atoms with E-state index in [2.05, 4.69) is 64.6 Å². The molecule has 5 rings (SSSR count). The molecule has 8 nitrogen and oxygen atoms in total. The number of urea groups is 1. The van der Waals surface area contributed by atoms with E-state index in [-0.39, 0.29) is 17.1 Å². The van der Waals surface area contributed by atoms with Crippen LogP contribution >= 0.6 is 0 Å². The Morgan fingerprint density at radius 2 is 1.60 bits per heavy atom. The molecule has 0 bridgehead atoms. The van der Waals surface area contributed by atoms with Gasteiger partial charge in [0.1, 0.15) is 0 Å². The SMILES string of the molecule is CN(C)C1(c2ccccc2)CCC2(CC1)CN(c1cnc(-c3ccc(C(N)=O)cc3)nc1)C(=O)N2. The summed E-state index contributed by atoms with van der Waals surface area (Å²) in [6, 6.07) is 17.4. The molecular formula is C27H30N6O2. The van der Waals surface area contributed by atoms with Crippen molar-refractivity contribution in [2.24, 2.45) is 5.73 Å². The highest BCUT2D eigenvalue weighted by Gasteiger charge is 2.50. The van der Waals surface area contributed by atoms with Crippen LogP contribution in [-0.2, 0) is 5.54 Å².